The van der Waals surface area contributed by atoms with Crippen LogP contribution in [-0.2, 0) is 0 Å². The van der Waals surface area contributed by atoms with Gasteiger partial charge in [0.15, 0.2) is 5.17 Å². The van der Waals surface area contributed by atoms with Crippen molar-refractivity contribution in [3.8, 4) is 0 Å². The number of nitrogens with zero attached hydrogens (tertiary/aromatic N) is 1. The van der Waals surface area contributed by atoms with Crippen molar-refractivity contribution in [1.29, 1.82) is 0 Å². The number of thioether (sulfide) groups is 1. The third-order valence-corrected chi connectivity index (χ3v) is 3.38. The Morgan fingerprint density at radius 3 is 2.81 bits per heavy atom. The molecule has 0 aromatic heterocycles. The molecule has 2 nitrogen and oxygen atoms in total. The lowest BCUT2D eigenvalue weighted by atomic mass is 10.1. The van der Waals surface area contributed by atoms with Crippen LogP contribution in [0.2, 0.25) is 0 Å². The summed E-state index contributed by atoms with van der Waals surface area (Å²) in [6.45, 7) is 2.13. The van der Waals surface area contributed by atoms with Gasteiger partial charge in [-0.1, -0.05) is 43.0 Å². The minimum Gasteiger partial charge on any atom is -0.334 e. The Bertz CT molecular complexity index is 570. The van der Waals surface area contributed by atoms with Gasteiger partial charge in [0.05, 0.1) is 11.4 Å². The Balaban J connectivity index is 2.23. The molecule has 0 aliphatic carbocycles. The first-order valence-corrected chi connectivity index (χ1v) is 6.37. The van der Waals surface area contributed by atoms with E-state index < -0.39 is 0 Å². The Morgan fingerprint density at radius 2 is 2.00 bits per heavy atom. The predicted octanol–water partition coefficient (Wildman–Crippen LogP) is 4.01. The highest BCUT2D eigenvalue weighted by molar-refractivity contribution is 8.14. The zero-order chi connectivity index (χ0) is 11.0. The summed E-state index contributed by atoms with van der Waals surface area (Å²) in [5, 5.41) is 6.84. The van der Waals surface area contributed by atoms with Crippen LogP contribution in [0.5, 0.6) is 0 Å². The molecule has 2 aromatic rings. The van der Waals surface area contributed by atoms with Crippen LogP contribution >= 0.6 is 11.8 Å². The average Bonchev–Trinajstić information content (AvgIpc) is 2.30. The van der Waals surface area contributed by atoms with Crippen LogP contribution in [0, 0.1) is 0 Å². The lowest BCUT2D eigenvalue weighted by Crippen LogP contribution is -2.11. The van der Waals surface area contributed by atoms with E-state index in [1.165, 1.54) is 16.5 Å². The van der Waals surface area contributed by atoms with Gasteiger partial charge in [0.1, 0.15) is 0 Å². The second kappa shape index (κ2) is 3.83. The van der Waals surface area contributed by atoms with Crippen LogP contribution in [0.25, 0.3) is 10.8 Å². The average molecular weight is 228 g/mol. The first kappa shape index (κ1) is 9.73. The molecule has 0 saturated heterocycles. The minimum atomic E-state index is 0.994. The molecule has 0 fully saturated rings. The lowest BCUT2D eigenvalue weighted by molar-refractivity contribution is 1.50. The van der Waals surface area contributed by atoms with Crippen molar-refractivity contribution in [2.45, 2.75) is 6.92 Å². The van der Waals surface area contributed by atoms with Gasteiger partial charge in [-0.15, -0.1) is 0 Å². The van der Waals surface area contributed by atoms with Crippen LogP contribution in [-0.4, -0.2) is 10.9 Å². The second-order valence-corrected chi connectivity index (χ2v) is 4.91. The normalized spacial score (nSPS) is 13.4. The Morgan fingerprint density at radius 1 is 1.19 bits per heavy atom. The van der Waals surface area contributed by atoms with Crippen molar-refractivity contribution in [3.05, 3.63) is 36.4 Å². The van der Waals surface area contributed by atoms with Crippen molar-refractivity contribution in [2.75, 3.05) is 11.1 Å². The molecule has 16 heavy (non-hydrogen) atoms. The van der Waals surface area contributed by atoms with E-state index in [-0.39, 0.29) is 0 Å². The molecule has 1 aliphatic rings. The molecule has 1 aliphatic heterocycles. The maximum Gasteiger partial charge on any atom is 0.166 e. The first-order valence-electron chi connectivity index (χ1n) is 5.39. The summed E-state index contributed by atoms with van der Waals surface area (Å²) in [5.41, 5.74) is 2.24. The minimum absolute atomic E-state index is 0.994. The van der Waals surface area contributed by atoms with E-state index in [4.69, 9.17) is 0 Å². The number of hydrogen-bond donors (Lipinski definition) is 1. The summed E-state index contributed by atoms with van der Waals surface area (Å²) in [7, 11) is 0. The second-order valence-electron chi connectivity index (χ2n) is 3.66. The fourth-order valence-corrected chi connectivity index (χ4v) is 2.59. The topological polar surface area (TPSA) is 24.4 Å². The molecule has 0 bridgehead atoms. The molecule has 80 valence electrons. The van der Waals surface area contributed by atoms with Gasteiger partial charge in [0, 0.05) is 5.39 Å². The van der Waals surface area contributed by atoms with E-state index in [0.29, 0.717) is 0 Å². The highest BCUT2D eigenvalue weighted by Gasteiger charge is 2.13. The zero-order valence-electron chi connectivity index (χ0n) is 9.03. The Labute approximate surface area is 98.8 Å². The number of nitrogens with one attached hydrogen (secondary N) is 1. The molecule has 0 amide bonds. The highest BCUT2D eigenvalue weighted by Crippen LogP contribution is 2.36. The van der Waals surface area contributed by atoms with Gasteiger partial charge < -0.3 is 5.32 Å². The Hall–Kier alpha value is -1.48. The van der Waals surface area contributed by atoms with E-state index in [0.717, 1.165) is 16.6 Å². The summed E-state index contributed by atoms with van der Waals surface area (Å²) < 4.78 is 0. The van der Waals surface area contributed by atoms with Crippen LogP contribution in [0.3, 0.4) is 0 Å². The molecule has 1 N–H and O–H groups in total. The standard InChI is InChI=1S/C13H12N2S/c1-2-16-13-14-10-7-3-5-9-6-4-8-11(15-13)12(9)10/h3-8H,2H2,1H3,(H,14,15). The summed E-state index contributed by atoms with van der Waals surface area (Å²) in [5.74, 6) is 1.03. The first-order chi connectivity index (χ1) is 7.88. The van der Waals surface area contributed by atoms with Crippen molar-refractivity contribution < 1.29 is 0 Å². The van der Waals surface area contributed by atoms with E-state index in [2.05, 4.69) is 53.6 Å². The zero-order valence-corrected chi connectivity index (χ0v) is 9.84. The van der Waals surface area contributed by atoms with Gasteiger partial charge in [-0.05, 0) is 23.3 Å². The summed E-state index contributed by atoms with van der Waals surface area (Å²) >= 11 is 1.74. The third kappa shape index (κ3) is 1.48. The number of amidine groups is 1. The quantitative estimate of drug-likeness (QED) is 0.797. The van der Waals surface area contributed by atoms with Gasteiger partial charge in [0.2, 0.25) is 0 Å². The molecule has 2 aromatic carbocycles. The SMILES string of the molecule is CCSC1=Nc2cccc3cccc(c23)N1. The molecule has 0 saturated carbocycles. The van der Waals surface area contributed by atoms with Crippen LogP contribution in [0.1, 0.15) is 6.92 Å². The van der Waals surface area contributed by atoms with E-state index in [1.54, 1.807) is 11.8 Å². The summed E-state index contributed by atoms with van der Waals surface area (Å²) in [6, 6.07) is 12.6. The lowest BCUT2D eigenvalue weighted by Gasteiger charge is -2.17. The van der Waals surface area contributed by atoms with Crippen LogP contribution in [0.15, 0.2) is 41.4 Å². The van der Waals surface area contributed by atoms with Gasteiger partial charge >= 0.3 is 0 Å². The van der Waals surface area contributed by atoms with Crippen molar-refractivity contribution in [2.24, 2.45) is 4.99 Å². The molecule has 3 rings (SSSR count). The maximum absolute atomic E-state index is 4.62. The van der Waals surface area contributed by atoms with E-state index in [9.17, 15) is 0 Å². The molecule has 0 spiro atoms. The maximum atomic E-state index is 4.62. The van der Waals surface area contributed by atoms with Gasteiger partial charge in [-0.25, -0.2) is 4.99 Å². The van der Waals surface area contributed by atoms with Gasteiger partial charge in [0.25, 0.3) is 0 Å². The fourth-order valence-electron chi connectivity index (χ4n) is 1.98. The smallest absolute Gasteiger partial charge is 0.166 e. The largest absolute Gasteiger partial charge is 0.334 e. The molecule has 0 radical (unpaired) electrons. The van der Waals surface area contributed by atoms with E-state index in [1.807, 2.05) is 0 Å². The van der Waals surface area contributed by atoms with Crippen molar-refractivity contribution in [3.63, 3.8) is 0 Å². The molecule has 0 unspecified atom stereocenters. The number of benzene rings is 2. The van der Waals surface area contributed by atoms with Crippen LogP contribution < -0.4 is 5.32 Å². The molecular formula is C13H12N2S. The van der Waals surface area contributed by atoms with Crippen LogP contribution in [0.4, 0.5) is 11.4 Å². The third-order valence-electron chi connectivity index (χ3n) is 2.63. The number of aliphatic imine (C=N–C) groups is 1. The Kier molecular flexibility index (Phi) is 2.33. The van der Waals surface area contributed by atoms with Gasteiger partial charge in [-0.3, -0.25) is 0 Å². The molecule has 3 heteroatoms. The number of hydrogen-bond acceptors (Lipinski definition) is 3. The monoisotopic (exact) mass is 228 g/mol. The number of rotatable bonds is 1. The fraction of sp³-hybridized carbons (Fsp3) is 0.154. The van der Waals surface area contributed by atoms with Crippen molar-refractivity contribution in [1.82, 2.24) is 0 Å². The molecule has 1 heterocycles. The predicted molar refractivity (Wildman–Crippen MR) is 72.8 cm³/mol. The van der Waals surface area contributed by atoms with E-state index >= 15 is 0 Å². The summed E-state index contributed by atoms with van der Waals surface area (Å²) in [4.78, 5) is 4.62. The summed E-state index contributed by atoms with van der Waals surface area (Å²) in [6.07, 6.45) is 0. The molecule has 0 atom stereocenters. The van der Waals surface area contributed by atoms with Crippen molar-refractivity contribution >= 4 is 39.1 Å². The highest BCUT2D eigenvalue weighted by atomic mass is 32.2. The molecular weight excluding hydrogens is 216 g/mol. The van der Waals surface area contributed by atoms with Gasteiger partial charge in [-0.2, -0.15) is 0 Å². The number of anilines is 1.